The van der Waals surface area contributed by atoms with Crippen LogP contribution < -0.4 is 10.2 Å². The minimum Gasteiger partial charge on any atom is -0.378 e. The van der Waals surface area contributed by atoms with Crippen LogP contribution in [-0.2, 0) is 0 Å². The van der Waals surface area contributed by atoms with Crippen molar-refractivity contribution in [2.45, 2.75) is 0 Å². The number of nitrogens with one attached hydrogen (secondary N) is 1. The maximum absolute atomic E-state index is 8.97. The highest BCUT2D eigenvalue weighted by Gasteiger charge is 2.06. The van der Waals surface area contributed by atoms with Gasteiger partial charge in [-0.15, -0.1) is 0 Å². The number of rotatable bonds is 3. The number of aromatic nitrogens is 1. The third-order valence-electron chi connectivity index (χ3n) is 2.93. The van der Waals surface area contributed by atoms with E-state index < -0.39 is 0 Å². The molecule has 1 N–H and O–H groups in total. The first-order chi connectivity index (χ1) is 9.15. The van der Waals surface area contributed by atoms with Gasteiger partial charge in [0, 0.05) is 32.4 Å². The molecule has 0 aliphatic rings. The molecule has 0 amide bonds. The average Bonchev–Trinajstić information content (AvgIpc) is 2.46. The second-order valence-electron chi connectivity index (χ2n) is 4.40. The molecular weight excluding hydrogens is 236 g/mol. The van der Waals surface area contributed by atoms with Gasteiger partial charge in [-0.25, -0.2) is 4.98 Å². The van der Waals surface area contributed by atoms with Gasteiger partial charge in [0.15, 0.2) is 0 Å². The molecule has 4 heteroatoms. The molecule has 0 saturated carbocycles. The zero-order chi connectivity index (χ0) is 13.8. The fraction of sp³-hybridized carbons (Fsp3) is 0.200. The maximum atomic E-state index is 8.97. The Morgan fingerprint density at radius 1 is 1.11 bits per heavy atom. The van der Waals surface area contributed by atoms with E-state index in [4.69, 9.17) is 5.26 Å². The Morgan fingerprint density at radius 3 is 2.32 bits per heavy atom. The summed E-state index contributed by atoms with van der Waals surface area (Å²) >= 11 is 0. The number of nitriles is 1. The first-order valence-electron chi connectivity index (χ1n) is 6.02. The summed E-state index contributed by atoms with van der Waals surface area (Å²) in [7, 11) is 5.78. The lowest BCUT2D eigenvalue weighted by atomic mass is 10.1. The van der Waals surface area contributed by atoms with Crippen molar-refractivity contribution in [2.75, 3.05) is 31.4 Å². The highest BCUT2D eigenvalue weighted by atomic mass is 15.1. The van der Waals surface area contributed by atoms with E-state index in [1.54, 1.807) is 13.1 Å². The summed E-state index contributed by atoms with van der Waals surface area (Å²) in [6, 6.07) is 13.9. The molecular formula is C15H16N4. The van der Waals surface area contributed by atoms with E-state index in [0.29, 0.717) is 11.4 Å². The minimum absolute atomic E-state index is 0.552. The van der Waals surface area contributed by atoms with Gasteiger partial charge in [-0.05, 0) is 24.3 Å². The van der Waals surface area contributed by atoms with Crippen molar-refractivity contribution >= 4 is 11.5 Å². The first-order valence-corrected chi connectivity index (χ1v) is 6.02. The van der Waals surface area contributed by atoms with Crippen LogP contribution >= 0.6 is 0 Å². The third-order valence-corrected chi connectivity index (χ3v) is 2.93. The summed E-state index contributed by atoms with van der Waals surface area (Å²) < 4.78 is 0. The molecule has 0 saturated heterocycles. The molecule has 0 spiro atoms. The quantitative estimate of drug-likeness (QED) is 0.912. The van der Waals surface area contributed by atoms with E-state index in [-0.39, 0.29) is 0 Å². The molecule has 1 aromatic carbocycles. The van der Waals surface area contributed by atoms with Crippen molar-refractivity contribution in [3.8, 4) is 17.3 Å². The van der Waals surface area contributed by atoms with Gasteiger partial charge in [-0.1, -0.05) is 12.1 Å². The van der Waals surface area contributed by atoms with Crippen LogP contribution in [0.15, 0.2) is 36.4 Å². The molecule has 1 heterocycles. The summed E-state index contributed by atoms with van der Waals surface area (Å²) in [5.41, 5.74) is 3.59. The number of hydrogen-bond acceptors (Lipinski definition) is 4. The second-order valence-corrected chi connectivity index (χ2v) is 4.40. The lowest BCUT2D eigenvalue weighted by Gasteiger charge is -2.13. The fourth-order valence-electron chi connectivity index (χ4n) is 1.83. The molecule has 0 bridgehead atoms. The third kappa shape index (κ3) is 2.66. The number of nitrogens with zero attached hydrogens (tertiary/aromatic N) is 3. The largest absolute Gasteiger partial charge is 0.378 e. The van der Waals surface area contributed by atoms with E-state index in [0.717, 1.165) is 16.9 Å². The molecule has 2 aromatic rings. The van der Waals surface area contributed by atoms with Crippen molar-refractivity contribution < 1.29 is 0 Å². The highest BCUT2D eigenvalue weighted by molar-refractivity contribution is 5.66. The van der Waals surface area contributed by atoms with Crippen molar-refractivity contribution in [1.29, 1.82) is 5.26 Å². The van der Waals surface area contributed by atoms with Crippen LogP contribution in [0.2, 0.25) is 0 Å². The summed E-state index contributed by atoms with van der Waals surface area (Å²) in [4.78, 5) is 6.51. The molecule has 96 valence electrons. The zero-order valence-corrected chi connectivity index (χ0v) is 11.3. The van der Waals surface area contributed by atoms with Crippen molar-refractivity contribution in [3.05, 3.63) is 42.0 Å². The van der Waals surface area contributed by atoms with E-state index in [2.05, 4.69) is 21.3 Å². The molecule has 0 aliphatic heterocycles. The van der Waals surface area contributed by atoms with Crippen LogP contribution in [0.3, 0.4) is 0 Å². The number of benzene rings is 1. The SMILES string of the molecule is CNc1nc(-c2ccc(N(C)C)cc2)ccc1C#N. The van der Waals surface area contributed by atoms with Gasteiger partial charge in [-0.3, -0.25) is 0 Å². The molecule has 1 aromatic heterocycles. The molecule has 0 aliphatic carbocycles. The number of anilines is 2. The summed E-state index contributed by atoms with van der Waals surface area (Å²) in [5, 5.41) is 11.9. The van der Waals surface area contributed by atoms with Gasteiger partial charge in [0.1, 0.15) is 11.9 Å². The van der Waals surface area contributed by atoms with Crippen LogP contribution in [0.25, 0.3) is 11.3 Å². The van der Waals surface area contributed by atoms with Gasteiger partial charge >= 0.3 is 0 Å². The topological polar surface area (TPSA) is 52.0 Å². The normalized spacial score (nSPS) is 9.79. The average molecular weight is 252 g/mol. The summed E-state index contributed by atoms with van der Waals surface area (Å²) in [6.07, 6.45) is 0. The Hall–Kier alpha value is -2.54. The van der Waals surface area contributed by atoms with Crippen LogP contribution in [0, 0.1) is 11.3 Å². The molecule has 4 nitrogen and oxygen atoms in total. The van der Waals surface area contributed by atoms with Crippen molar-refractivity contribution in [2.24, 2.45) is 0 Å². The molecule has 19 heavy (non-hydrogen) atoms. The van der Waals surface area contributed by atoms with Crippen molar-refractivity contribution in [3.63, 3.8) is 0 Å². The number of hydrogen-bond donors (Lipinski definition) is 1. The predicted molar refractivity (Wildman–Crippen MR) is 78.3 cm³/mol. The Balaban J connectivity index is 2.39. The van der Waals surface area contributed by atoms with Crippen LogP contribution in [0.5, 0.6) is 0 Å². The molecule has 0 unspecified atom stereocenters. The van der Waals surface area contributed by atoms with E-state index >= 15 is 0 Å². The molecule has 0 fully saturated rings. The standard InChI is InChI=1S/C15H16N4/c1-17-15-12(10-16)6-9-14(18-15)11-4-7-13(8-5-11)19(2)3/h4-9H,1-3H3,(H,17,18). The smallest absolute Gasteiger partial charge is 0.144 e. The van der Waals surface area contributed by atoms with Crippen LogP contribution in [-0.4, -0.2) is 26.1 Å². The fourth-order valence-corrected chi connectivity index (χ4v) is 1.83. The lowest BCUT2D eigenvalue weighted by Crippen LogP contribution is -2.08. The van der Waals surface area contributed by atoms with E-state index in [9.17, 15) is 0 Å². The molecule has 0 radical (unpaired) electrons. The molecule has 0 atom stereocenters. The first kappa shape index (κ1) is 12.9. The van der Waals surface area contributed by atoms with Crippen LogP contribution in [0.1, 0.15) is 5.56 Å². The van der Waals surface area contributed by atoms with Crippen LogP contribution in [0.4, 0.5) is 11.5 Å². The van der Waals surface area contributed by atoms with E-state index in [1.807, 2.05) is 44.4 Å². The van der Waals surface area contributed by atoms with Gasteiger partial charge in [0.05, 0.1) is 11.3 Å². The Kier molecular flexibility index (Phi) is 3.67. The van der Waals surface area contributed by atoms with Gasteiger partial charge in [-0.2, -0.15) is 5.26 Å². The Labute approximate surface area is 113 Å². The van der Waals surface area contributed by atoms with E-state index in [1.165, 1.54) is 0 Å². The second kappa shape index (κ2) is 5.40. The monoisotopic (exact) mass is 252 g/mol. The summed E-state index contributed by atoms with van der Waals surface area (Å²) in [5.74, 6) is 0.608. The highest BCUT2D eigenvalue weighted by Crippen LogP contribution is 2.23. The zero-order valence-electron chi connectivity index (χ0n) is 11.3. The Morgan fingerprint density at radius 2 is 1.79 bits per heavy atom. The minimum atomic E-state index is 0.552. The van der Waals surface area contributed by atoms with Gasteiger partial charge in [0.25, 0.3) is 0 Å². The van der Waals surface area contributed by atoms with Gasteiger partial charge < -0.3 is 10.2 Å². The maximum Gasteiger partial charge on any atom is 0.144 e. The summed E-state index contributed by atoms with van der Waals surface area (Å²) in [6.45, 7) is 0. The molecule has 2 rings (SSSR count). The van der Waals surface area contributed by atoms with Gasteiger partial charge in [0.2, 0.25) is 0 Å². The number of pyridine rings is 1. The predicted octanol–water partition coefficient (Wildman–Crippen LogP) is 2.73. The van der Waals surface area contributed by atoms with Crippen molar-refractivity contribution in [1.82, 2.24) is 4.98 Å². The lowest BCUT2D eigenvalue weighted by molar-refractivity contribution is 1.13. The Bertz CT molecular complexity index is 609.